The Bertz CT molecular complexity index is 1060. The van der Waals surface area contributed by atoms with Gasteiger partial charge in [-0.25, -0.2) is 0 Å². The summed E-state index contributed by atoms with van der Waals surface area (Å²) in [5.74, 6) is 0.664. The molecule has 0 unspecified atom stereocenters. The Hall–Kier alpha value is -2.40. The largest absolute Gasteiger partial charge is 0.420 e. The van der Waals surface area contributed by atoms with Gasteiger partial charge in [0.15, 0.2) is 0 Å². The molecule has 6 nitrogen and oxygen atoms in total. The number of rotatable bonds is 9. The standard InChI is InChI=1S/C25H33N2O4P/c1-7-29-32(28,30-8-2)24-23(26-17-19-11-9-18(3)10-12-19)31-22(27-24)20-13-15-21(16-14-20)25(4,5)6/h9-16,26H,7-8,17H2,1-6H3. The molecule has 0 aliphatic carbocycles. The molecule has 0 atom stereocenters. The number of aryl methyl sites for hydroxylation is 1. The van der Waals surface area contributed by atoms with Crippen LogP contribution >= 0.6 is 7.60 Å². The number of anilines is 1. The van der Waals surface area contributed by atoms with Crippen molar-refractivity contribution < 1.29 is 18.0 Å². The molecule has 0 radical (unpaired) electrons. The smallest absolute Gasteiger partial charge is 0.385 e. The first-order chi connectivity index (χ1) is 15.2. The highest BCUT2D eigenvalue weighted by molar-refractivity contribution is 7.62. The first-order valence-corrected chi connectivity index (χ1v) is 12.5. The summed E-state index contributed by atoms with van der Waals surface area (Å²) < 4.78 is 30.7. The Kier molecular flexibility index (Phi) is 7.60. The summed E-state index contributed by atoms with van der Waals surface area (Å²) in [6, 6.07) is 16.2. The van der Waals surface area contributed by atoms with Gasteiger partial charge >= 0.3 is 7.60 Å². The highest BCUT2D eigenvalue weighted by Gasteiger charge is 2.35. The number of benzene rings is 2. The molecule has 172 valence electrons. The van der Waals surface area contributed by atoms with Crippen LogP contribution in [-0.4, -0.2) is 18.2 Å². The monoisotopic (exact) mass is 456 g/mol. The van der Waals surface area contributed by atoms with Gasteiger partial charge in [-0.15, -0.1) is 0 Å². The second-order valence-corrected chi connectivity index (χ2v) is 10.6. The van der Waals surface area contributed by atoms with Crippen molar-refractivity contribution in [3.8, 4) is 11.5 Å². The number of hydrogen-bond acceptors (Lipinski definition) is 6. The van der Waals surface area contributed by atoms with E-state index in [1.165, 1.54) is 11.1 Å². The van der Waals surface area contributed by atoms with Crippen LogP contribution in [0.2, 0.25) is 0 Å². The number of nitrogens with one attached hydrogen (secondary N) is 1. The Labute approximate surface area is 190 Å². The predicted octanol–water partition coefficient (Wildman–Crippen LogP) is 6.45. The lowest BCUT2D eigenvalue weighted by atomic mass is 9.87. The molecule has 0 amide bonds. The van der Waals surface area contributed by atoms with Gasteiger partial charge in [0.1, 0.15) is 0 Å². The van der Waals surface area contributed by atoms with Gasteiger partial charge in [-0.2, -0.15) is 4.98 Å². The van der Waals surface area contributed by atoms with E-state index in [0.717, 1.165) is 11.1 Å². The van der Waals surface area contributed by atoms with E-state index in [1.807, 2.05) is 43.3 Å². The van der Waals surface area contributed by atoms with Crippen molar-refractivity contribution in [2.24, 2.45) is 0 Å². The minimum atomic E-state index is -3.64. The van der Waals surface area contributed by atoms with E-state index in [-0.39, 0.29) is 24.1 Å². The first-order valence-electron chi connectivity index (χ1n) is 11.0. The van der Waals surface area contributed by atoms with Crippen LogP contribution in [0, 0.1) is 6.92 Å². The van der Waals surface area contributed by atoms with Crippen molar-refractivity contribution in [3.05, 3.63) is 65.2 Å². The highest BCUT2D eigenvalue weighted by Crippen LogP contribution is 2.49. The molecule has 0 spiro atoms. The molecule has 1 heterocycles. The fourth-order valence-corrected chi connectivity index (χ4v) is 4.82. The van der Waals surface area contributed by atoms with Crippen LogP contribution in [0.1, 0.15) is 51.3 Å². The zero-order valence-corrected chi connectivity index (χ0v) is 20.7. The van der Waals surface area contributed by atoms with Crippen molar-refractivity contribution >= 4 is 18.9 Å². The number of aromatic nitrogens is 1. The molecule has 0 fully saturated rings. The third-order valence-corrected chi connectivity index (χ3v) is 7.06. The Morgan fingerprint density at radius 3 is 2.09 bits per heavy atom. The predicted molar refractivity (Wildman–Crippen MR) is 130 cm³/mol. The molecule has 0 bridgehead atoms. The van der Waals surface area contributed by atoms with E-state index in [0.29, 0.717) is 18.3 Å². The van der Waals surface area contributed by atoms with Crippen LogP contribution < -0.4 is 10.8 Å². The lowest BCUT2D eigenvalue weighted by Crippen LogP contribution is -2.16. The van der Waals surface area contributed by atoms with Gasteiger partial charge in [0.2, 0.25) is 17.2 Å². The fourth-order valence-electron chi connectivity index (χ4n) is 3.24. The van der Waals surface area contributed by atoms with Crippen LogP contribution in [0.4, 0.5) is 5.88 Å². The Morgan fingerprint density at radius 2 is 1.56 bits per heavy atom. The normalized spacial score (nSPS) is 12.2. The van der Waals surface area contributed by atoms with Gasteiger partial charge in [-0.3, -0.25) is 4.57 Å². The van der Waals surface area contributed by atoms with Crippen molar-refractivity contribution in [2.75, 3.05) is 18.5 Å². The van der Waals surface area contributed by atoms with Gasteiger partial charge in [-0.05, 0) is 49.4 Å². The maximum atomic E-state index is 13.5. The summed E-state index contributed by atoms with van der Waals surface area (Å²) in [6.07, 6.45) is 0. The maximum absolute atomic E-state index is 13.5. The summed E-state index contributed by atoms with van der Waals surface area (Å²) in [5, 5.41) is 3.24. The second-order valence-electron chi connectivity index (χ2n) is 8.67. The molecular weight excluding hydrogens is 423 g/mol. The average Bonchev–Trinajstić information content (AvgIpc) is 3.18. The Morgan fingerprint density at radius 1 is 0.969 bits per heavy atom. The molecule has 0 aliphatic rings. The SMILES string of the molecule is CCOP(=O)(OCC)c1nc(-c2ccc(C(C)(C)C)cc2)oc1NCc1ccc(C)cc1. The van der Waals surface area contributed by atoms with Crippen molar-refractivity contribution in [2.45, 2.75) is 53.5 Å². The molecule has 2 aromatic carbocycles. The number of hydrogen-bond donors (Lipinski definition) is 1. The van der Waals surface area contributed by atoms with E-state index >= 15 is 0 Å². The van der Waals surface area contributed by atoms with Gasteiger partial charge in [0.05, 0.1) is 13.2 Å². The molecule has 7 heteroatoms. The number of oxazole rings is 1. The van der Waals surface area contributed by atoms with Crippen molar-refractivity contribution in [1.29, 1.82) is 0 Å². The van der Waals surface area contributed by atoms with Gasteiger partial charge in [0.25, 0.3) is 0 Å². The van der Waals surface area contributed by atoms with Crippen LogP contribution in [-0.2, 0) is 25.6 Å². The lowest BCUT2D eigenvalue weighted by Gasteiger charge is -2.18. The van der Waals surface area contributed by atoms with Crippen LogP contribution in [0.3, 0.4) is 0 Å². The average molecular weight is 457 g/mol. The van der Waals surface area contributed by atoms with Crippen LogP contribution in [0.25, 0.3) is 11.5 Å². The number of nitrogens with zero attached hydrogens (tertiary/aromatic N) is 1. The van der Waals surface area contributed by atoms with Crippen LogP contribution in [0.5, 0.6) is 0 Å². The zero-order chi connectivity index (χ0) is 23.4. The van der Waals surface area contributed by atoms with E-state index < -0.39 is 7.60 Å². The maximum Gasteiger partial charge on any atom is 0.385 e. The zero-order valence-electron chi connectivity index (χ0n) is 19.8. The molecule has 3 aromatic rings. The van der Waals surface area contributed by atoms with E-state index in [2.05, 4.69) is 43.2 Å². The van der Waals surface area contributed by atoms with Crippen LogP contribution in [0.15, 0.2) is 52.9 Å². The van der Waals surface area contributed by atoms with Crippen molar-refractivity contribution in [3.63, 3.8) is 0 Å². The topological polar surface area (TPSA) is 73.6 Å². The summed E-state index contributed by atoms with van der Waals surface area (Å²) in [6.45, 7) is 13.0. The summed E-state index contributed by atoms with van der Waals surface area (Å²) in [4.78, 5) is 4.57. The molecule has 0 saturated carbocycles. The summed E-state index contributed by atoms with van der Waals surface area (Å²) >= 11 is 0. The highest BCUT2D eigenvalue weighted by atomic mass is 31.2. The fraction of sp³-hybridized carbons (Fsp3) is 0.400. The van der Waals surface area contributed by atoms with E-state index in [9.17, 15) is 4.57 Å². The third kappa shape index (κ3) is 5.69. The quantitative estimate of drug-likeness (QED) is 0.373. The second kappa shape index (κ2) is 10.0. The summed E-state index contributed by atoms with van der Waals surface area (Å²) in [5.41, 5.74) is 4.47. The third-order valence-electron chi connectivity index (χ3n) is 5.04. The van der Waals surface area contributed by atoms with Crippen molar-refractivity contribution in [1.82, 2.24) is 4.98 Å². The minimum absolute atomic E-state index is 0.0423. The molecular formula is C25H33N2O4P. The summed E-state index contributed by atoms with van der Waals surface area (Å²) in [7, 11) is -3.64. The van der Waals surface area contributed by atoms with Gasteiger partial charge < -0.3 is 18.8 Å². The van der Waals surface area contributed by atoms with Gasteiger partial charge in [0, 0.05) is 12.1 Å². The van der Waals surface area contributed by atoms with E-state index in [4.69, 9.17) is 13.5 Å². The molecule has 1 N–H and O–H groups in total. The molecule has 0 aliphatic heterocycles. The minimum Gasteiger partial charge on any atom is -0.420 e. The first kappa shape index (κ1) is 24.2. The van der Waals surface area contributed by atoms with Gasteiger partial charge in [-0.1, -0.05) is 62.7 Å². The molecule has 3 rings (SSSR count). The molecule has 0 saturated heterocycles. The Balaban J connectivity index is 1.98. The van der Waals surface area contributed by atoms with E-state index in [1.54, 1.807) is 13.8 Å². The lowest BCUT2D eigenvalue weighted by molar-refractivity contribution is 0.229. The molecule has 32 heavy (non-hydrogen) atoms. The molecule has 1 aromatic heterocycles.